The fourth-order valence-electron chi connectivity index (χ4n) is 3.29. The quantitative estimate of drug-likeness (QED) is 0.945. The highest BCUT2D eigenvalue weighted by Gasteiger charge is 2.30. The molecule has 1 atom stereocenters. The normalized spacial score (nSPS) is 18.0. The van der Waals surface area contributed by atoms with Crippen LogP contribution in [-0.2, 0) is 11.2 Å². The maximum Gasteiger partial charge on any atom is 0.227 e. The van der Waals surface area contributed by atoms with Gasteiger partial charge in [0.2, 0.25) is 5.91 Å². The van der Waals surface area contributed by atoms with E-state index in [1.807, 2.05) is 18.7 Å². The van der Waals surface area contributed by atoms with E-state index in [0.717, 1.165) is 36.3 Å². The molecule has 1 aromatic heterocycles. The van der Waals surface area contributed by atoms with Crippen LogP contribution in [0.1, 0.15) is 47.0 Å². The minimum atomic E-state index is 0.204. The lowest BCUT2D eigenvalue weighted by Crippen LogP contribution is -2.32. The molecule has 0 aliphatic carbocycles. The summed E-state index contributed by atoms with van der Waals surface area (Å²) in [4.78, 5) is 14.8. The Morgan fingerprint density at radius 3 is 2.64 bits per heavy atom. The van der Waals surface area contributed by atoms with Crippen molar-refractivity contribution in [1.29, 1.82) is 0 Å². The van der Waals surface area contributed by atoms with E-state index in [2.05, 4.69) is 41.4 Å². The second kappa shape index (κ2) is 5.95. The Balaban J connectivity index is 1.78. The molecule has 2 heterocycles. The monoisotopic (exact) mass is 297 g/mol. The highest BCUT2D eigenvalue weighted by molar-refractivity contribution is 5.80. The van der Waals surface area contributed by atoms with Gasteiger partial charge >= 0.3 is 0 Å². The fraction of sp³-hybridized carbons (Fsp3) is 0.444. The van der Waals surface area contributed by atoms with Crippen molar-refractivity contribution in [2.75, 3.05) is 6.54 Å². The number of H-pyrrole nitrogens is 1. The highest BCUT2D eigenvalue weighted by atomic mass is 16.2. The molecule has 1 aliphatic rings. The van der Waals surface area contributed by atoms with Crippen molar-refractivity contribution < 1.29 is 4.79 Å². The number of aromatic nitrogens is 2. The first kappa shape index (κ1) is 14.8. The van der Waals surface area contributed by atoms with Crippen molar-refractivity contribution >= 4 is 5.91 Å². The summed E-state index contributed by atoms with van der Waals surface area (Å²) >= 11 is 0. The third-order valence-electron chi connectivity index (χ3n) is 4.64. The summed E-state index contributed by atoms with van der Waals surface area (Å²) < 4.78 is 0. The third-order valence-corrected chi connectivity index (χ3v) is 4.64. The Morgan fingerprint density at radius 1 is 1.27 bits per heavy atom. The van der Waals surface area contributed by atoms with Crippen molar-refractivity contribution in [3.63, 3.8) is 0 Å². The first-order chi connectivity index (χ1) is 10.6. The molecule has 116 valence electrons. The van der Waals surface area contributed by atoms with E-state index < -0.39 is 0 Å². The number of carbonyl (C=O) groups is 1. The predicted octanol–water partition coefficient (Wildman–Crippen LogP) is 3.24. The van der Waals surface area contributed by atoms with E-state index >= 15 is 0 Å². The molecular formula is C18H23N3O. The van der Waals surface area contributed by atoms with Crippen LogP contribution in [0.25, 0.3) is 0 Å². The van der Waals surface area contributed by atoms with Gasteiger partial charge in [0, 0.05) is 17.8 Å². The van der Waals surface area contributed by atoms with Gasteiger partial charge in [0.15, 0.2) is 0 Å². The average molecular weight is 297 g/mol. The first-order valence-corrected chi connectivity index (χ1v) is 7.92. The lowest BCUT2D eigenvalue weighted by molar-refractivity contribution is -0.131. The van der Waals surface area contributed by atoms with Gasteiger partial charge in [-0.15, -0.1) is 0 Å². The summed E-state index contributed by atoms with van der Waals surface area (Å²) in [5.74, 6) is 0.204. The van der Waals surface area contributed by atoms with Gasteiger partial charge in [-0.1, -0.05) is 29.8 Å². The molecule has 1 aromatic carbocycles. The van der Waals surface area contributed by atoms with Gasteiger partial charge in [-0.3, -0.25) is 9.89 Å². The summed E-state index contributed by atoms with van der Waals surface area (Å²) in [6.07, 6.45) is 2.57. The number of nitrogens with one attached hydrogen (secondary N) is 1. The molecule has 4 heteroatoms. The molecule has 0 radical (unpaired) electrons. The molecule has 1 amide bonds. The first-order valence-electron chi connectivity index (χ1n) is 7.92. The molecule has 1 fully saturated rings. The third kappa shape index (κ3) is 2.78. The smallest absolute Gasteiger partial charge is 0.227 e. The highest BCUT2D eigenvalue weighted by Crippen LogP contribution is 2.32. The lowest BCUT2D eigenvalue weighted by Gasteiger charge is -2.25. The van der Waals surface area contributed by atoms with Crippen molar-refractivity contribution in [1.82, 2.24) is 15.1 Å². The van der Waals surface area contributed by atoms with E-state index in [1.54, 1.807) is 0 Å². The topological polar surface area (TPSA) is 49.0 Å². The molecule has 0 spiro atoms. The summed E-state index contributed by atoms with van der Waals surface area (Å²) in [7, 11) is 0. The number of hydrogen-bond acceptors (Lipinski definition) is 2. The minimum absolute atomic E-state index is 0.204. The number of aryl methyl sites for hydroxylation is 3. The fourth-order valence-corrected chi connectivity index (χ4v) is 3.29. The van der Waals surface area contributed by atoms with Crippen LogP contribution in [-0.4, -0.2) is 27.5 Å². The number of hydrogen-bond donors (Lipinski definition) is 1. The summed E-state index contributed by atoms with van der Waals surface area (Å²) in [5.41, 5.74) is 5.47. The molecule has 4 nitrogen and oxygen atoms in total. The molecule has 3 rings (SSSR count). The van der Waals surface area contributed by atoms with Gasteiger partial charge < -0.3 is 4.90 Å². The molecule has 2 aromatic rings. The van der Waals surface area contributed by atoms with Crippen LogP contribution in [0.4, 0.5) is 0 Å². The van der Waals surface area contributed by atoms with Gasteiger partial charge in [0.05, 0.1) is 18.2 Å². The van der Waals surface area contributed by atoms with E-state index in [0.29, 0.717) is 6.42 Å². The number of nitrogens with zero attached hydrogens (tertiary/aromatic N) is 2. The number of aromatic amines is 1. The van der Waals surface area contributed by atoms with Crippen molar-refractivity contribution in [2.45, 2.75) is 46.1 Å². The zero-order valence-corrected chi connectivity index (χ0v) is 13.5. The van der Waals surface area contributed by atoms with E-state index in [9.17, 15) is 4.79 Å². The molecule has 1 saturated heterocycles. The van der Waals surface area contributed by atoms with Crippen molar-refractivity contribution in [2.24, 2.45) is 0 Å². The van der Waals surface area contributed by atoms with Crippen LogP contribution in [0, 0.1) is 20.8 Å². The van der Waals surface area contributed by atoms with Crippen LogP contribution in [0.3, 0.4) is 0 Å². The Hall–Kier alpha value is -2.10. The van der Waals surface area contributed by atoms with Gasteiger partial charge in [0.25, 0.3) is 0 Å². The van der Waals surface area contributed by atoms with E-state index in [1.165, 1.54) is 11.1 Å². The number of likely N-dealkylation sites (tertiary alicyclic amines) is 1. The molecule has 1 aliphatic heterocycles. The van der Waals surface area contributed by atoms with Crippen molar-refractivity contribution in [3.8, 4) is 0 Å². The molecule has 1 unspecified atom stereocenters. The van der Waals surface area contributed by atoms with Gasteiger partial charge in [-0.2, -0.15) is 5.10 Å². The average Bonchev–Trinajstić information content (AvgIpc) is 3.10. The zero-order chi connectivity index (χ0) is 15.7. The maximum atomic E-state index is 12.8. The predicted molar refractivity (Wildman–Crippen MR) is 86.6 cm³/mol. The van der Waals surface area contributed by atoms with Crippen LogP contribution in [0.2, 0.25) is 0 Å². The minimum Gasteiger partial charge on any atom is -0.335 e. The van der Waals surface area contributed by atoms with Gasteiger partial charge in [-0.05, 0) is 39.2 Å². The van der Waals surface area contributed by atoms with Crippen LogP contribution < -0.4 is 0 Å². The van der Waals surface area contributed by atoms with Crippen LogP contribution >= 0.6 is 0 Å². The standard InChI is InChI=1S/C18H23N3O/c1-12-6-8-15(9-7-12)17-5-4-10-21(17)18(22)11-16-13(2)19-20-14(16)3/h6-9,17H,4-5,10-11H2,1-3H3,(H,19,20). The largest absolute Gasteiger partial charge is 0.335 e. The van der Waals surface area contributed by atoms with E-state index in [-0.39, 0.29) is 11.9 Å². The Bertz CT molecular complexity index is 653. The zero-order valence-electron chi connectivity index (χ0n) is 13.5. The molecule has 0 bridgehead atoms. The Labute approximate surface area is 131 Å². The van der Waals surface area contributed by atoms with Gasteiger partial charge in [0.1, 0.15) is 0 Å². The van der Waals surface area contributed by atoms with Crippen LogP contribution in [0.5, 0.6) is 0 Å². The number of carbonyl (C=O) groups excluding carboxylic acids is 1. The number of rotatable bonds is 3. The lowest BCUT2D eigenvalue weighted by atomic mass is 10.0. The van der Waals surface area contributed by atoms with Crippen LogP contribution in [0.15, 0.2) is 24.3 Å². The van der Waals surface area contributed by atoms with Crippen molar-refractivity contribution in [3.05, 3.63) is 52.3 Å². The molecule has 22 heavy (non-hydrogen) atoms. The Kier molecular flexibility index (Phi) is 4.01. The summed E-state index contributed by atoms with van der Waals surface area (Å²) in [5, 5.41) is 7.15. The molecular weight excluding hydrogens is 274 g/mol. The molecule has 0 saturated carbocycles. The molecule has 1 N–H and O–H groups in total. The second-order valence-corrected chi connectivity index (χ2v) is 6.25. The second-order valence-electron chi connectivity index (χ2n) is 6.25. The Morgan fingerprint density at radius 2 is 2.00 bits per heavy atom. The van der Waals surface area contributed by atoms with Gasteiger partial charge in [-0.25, -0.2) is 0 Å². The number of amides is 1. The summed E-state index contributed by atoms with van der Waals surface area (Å²) in [6.45, 7) is 6.87. The maximum absolute atomic E-state index is 12.8. The summed E-state index contributed by atoms with van der Waals surface area (Å²) in [6, 6.07) is 8.78. The number of benzene rings is 1. The SMILES string of the molecule is Cc1ccc(C2CCCN2C(=O)Cc2c(C)n[nH]c2C)cc1. The van der Waals surface area contributed by atoms with E-state index in [4.69, 9.17) is 0 Å².